The van der Waals surface area contributed by atoms with E-state index in [2.05, 4.69) is 13.8 Å². The van der Waals surface area contributed by atoms with E-state index in [1.807, 2.05) is 0 Å². The second-order valence-electron chi connectivity index (χ2n) is 3.97. The quantitative estimate of drug-likeness (QED) is 0.671. The Bertz CT molecular complexity index is 177. The zero-order valence-electron chi connectivity index (χ0n) is 8.88. The van der Waals surface area contributed by atoms with Crippen molar-refractivity contribution in [2.24, 2.45) is 5.92 Å². The fraction of sp³-hybridized carbons (Fsp3) is 0.909. The van der Waals surface area contributed by atoms with Gasteiger partial charge in [-0.3, -0.25) is 4.79 Å². The van der Waals surface area contributed by atoms with Crippen molar-refractivity contribution in [1.29, 1.82) is 0 Å². The summed E-state index contributed by atoms with van der Waals surface area (Å²) in [5.41, 5.74) is 0. The molecule has 0 bridgehead atoms. The molecule has 13 heavy (non-hydrogen) atoms. The van der Waals surface area contributed by atoms with Crippen LogP contribution in [0, 0.1) is 5.92 Å². The van der Waals surface area contributed by atoms with Crippen LogP contribution in [-0.4, -0.2) is 18.0 Å². The predicted octanol–water partition coefficient (Wildman–Crippen LogP) is 2.56. The van der Waals surface area contributed by atoms with Crippen LogP contribution in [0.4, 0.5) is 0 Å². The third-order valence-corrected chi connectivity index (χ3v) is 2.93. The van der Waals surface area contributed by atoms with E-state index >= 15 is 0 Å². The maximum absolute atomic E-state index is 11.1. The number of carbonyl (C=O) groups excluding carboxylic acids is 1. The Balaban J connectivity index is 2.50. The molecule has 0 spiro atoms. The summed E-state index contributed by atoms with van der Waals surface area (Å²) in [6.45, 7) is 5.97. The van der Waals surface area contributed by atoms with Gasteiger partial charge in [0.05, 0.1) is 6.10 Å². The van der Waals surface area contributed by atoms with Gasteiger partial charge in [0.1, 0.15) is 6.10 Å². The standard InChI is InChI=1S/C11H20O2/c1-4-6-10-9(5-2)7-11(13-10)8(3)12/h9-11H,4-7H2,1-3H3. The second kappa shape index (κ2) is 4.75. The molecule has 2 nitrogen and oxygen atoms in total. The van der Waals surface area contributed by atoms with Crippen molar-refractivity contribution >= 4 is 5.78 Å². The van der Waals surface area contributed by atoms with E-state index in [9.17, 15) is 4.79 Å². The van der Waals surface area contributed by atoms with Gasteiger partial charge >= 0.3 is 0 Å². The van der Waals surface area contributed by atoms with Gasteiger partial charge in [0.15, 0.2) is 5.78 Å². The molecule has 1 rings (SSSR count). The zero-order valence-corrected chi connectivity index (χ0v) is 8.88. The zero-order chi connectivity index (χ0) is 9.84. The van der Waals surface area contributed by atoms with Crippen molar-refractivity contribution < 1.29 is 9.53 Å². The maximum Gasteiger partial charge on any atom is 0.158 e. The largest absolute Gasteiger partial charge is 0.367 e. The summed E-state index contributed by atoms with van der Waals surface area (Å²) in [5, 5.41) is 0. The van der Waals surface area contributed by atoms with Gasteiger partial charge in [-0.25, -0.2) is 0 Å². The summed E-state index contributed by atoms with van der Waals surface area (Å²) in [5.74, 6) is 0.797. The molecule has 1 aliphatic rings. The van der Waals surface area contributed by atoms with Gasteiger partial charge < -0.3 is 4.74 Å². The van der Waals surface area contributed by atoms with E-state index in [1.165, 1.54) is 0 Å². The molecule has 0 amide bonds. The monoisotopic (exact) mass is 184 g/mol. The minimum absolute atomic E-state index is 0.110. The van der Waals surface area contributed by atoms with Gasteiger partial charge in [-0.05, 0) is 25.7 Å². The Morgan fingerprint density at radius 1 is 1.46 bits per heavy atom. The van der Waals surface area contributed by atoms with Gasteiger partial charge in [-0.1, -0.05) is 26.7 Å². The van der Waals surface area contributed by atoms with Crippen LogP contribution in [0.5, 0.6) is 0 Å². The minimum Gasteiger partial charge on any atom is -0.367 e. The summed E-state index contributed by atoms with van der Waals surface area (Å²) in [4.78, 5) is 11.1. The molecule has 1 heterocycles. The molecular formula is C11H20O2. The number of hydrogen-bond donors (Lipinski definition) is 0. The molecule has 3 atom stereocenters. The summed E-state index contributed by atoms with van der Waals surface area (Å²) in [7, 11) is 0. The number of hydrogen-bond acceptors (Lipinski definition) is 2. The molecule has 0 N–H and O–H groups in total. The molecule has 1 aliphatic heterocycles. The van der Waals surface area contributed by atoms with Crippen molar-refractivity contribution in [3.63, 3.8) is 0 Å². The fourth-order valence-electron chi connectivity index (χ4n) is 2.08. The maximum atomic E-state index is 11.1. The Labute approximate surface area is 80.7 Å². The van der Waals surface area contributed by atoms with Crippen LogP contribution in [0.25, 0.3) is 0 Å². The van der Waals surface area contributed by atoms with E-state index in [-0.39, 0.29) is 11.9 Å². The smallest absolute Gasteiger partial charge is 0.158 e. The molecule has 2 heteroatoms. The number of ketones is 1. The highest BCUT2D eigenvalue weighted by Gasteiger charge is 2.35. The molecule has 0 aromatic heterocycles. The highest BCUT2D eigenvalue weighted by Crippen LogP contribution is 2.31. The molecule has 0 saturated carbocycles. The molecule has 1 saturated heterocycles. The first-order chi connectivity index (χ1) is 6.19. The normalized spacial score (nSPS) is 33.6. The molecular weight excluding hydrogens is 164 g/mol. The molecule has 0 aliphatic carbocycles. The van der Waals surface area contributed by atoms with Crippen LogP contribution < -0.4 is 0 Å². The second-order valence-corrected chi connectivity index (χ2v) is 3.97. The van der Waals surface area contributed by atoms with E-state index in [4.69, 9.17) is 4.74 Å². The Morgan fingerprint density at radius 3 is 2.62 bits per heavy atom. The summed E-state index contributed by atoms with van der Waals surface area (Å²) in [6.07, 6.45) is 4.55. The first-order valence-electron chi connectivity index (χ1n) is 5.34. The van der Waals surface area contributed by atoms with Crippen LogP contribution in [0.15, 0.2) is 0 Å². The minimum atomic E-state index is -0.110. The molecule has 1 fully saturated rings. The van der Waals surface area contributed by atoms with Gasteiger partial charge in [-0.2, -0.15) is 0 Å². The van der Waals surface area contributed by atoms with E-state index < -0.39 is 0 Å². The highest BCUT2D eigenvalue weighted by molar-refractivity contribution is 5.80. The lowest BCUT2D eigenvalue weighted by Gasteiger charge is -2.15. The first kappa shape index (κ1) is 10.7. The Morgan fingerprint density at radius 2 is 2.15 bits per heavy atom. The van der Waals surface area contributed by atoms with Gasteiger partial charge in [0.2, 0.25) is 0 Å². The molecule has 76 valence electrons. The van der Waals surface area contributed by atoms with Crippen LogP contribution in [-0.2, 0) is 9.53 Å². The van der Waals surface area contributed by atoms with E-state index in [0.717, 1.165) is 25.7 Å². The van der Waals surface area contributed by atoms with E-state index in [0.29, 0.717) is 12.0 Å². The highest BCUT2D eigenvalue weighted by atomic mass is 16.5. The third kappa shape index (κ3) is 2.53. The number of rotatable bonds is 4. The average molecular weight is 184 g/mol. The van der Waals surface area contributed by atoms with Crippen molar-refractivity contribution in [1.82, 2.24) is 0 Å². The van der Waals surface area contributed by atoms with Crippen LogP contribution in [0.2, 0.25) is 0 Å². The lowest BCUT2D eigenvalue weighted by atomic mass is 9.93. The molecule has 0 aromatic rings. The van der Waals surface area contributed by atoms with Crippen LogP contribution >= 0.6 is 0 Å². The van der Waals surface area contributed by atoms with Crippen LogP contribution in [0.3, 0.4) is 0 Å². The summed E-state index contributed by atoms with van der Waals surface area (Å²) < 4.78 is 5.72. The SMILES string of the molecule is CCCC1OC(C(C)=O)CC1CC. The fourth-order valence-corrected chi connectivity index (χ4v) is 2.08. The number of ether oxygens (including phenoxy) is 1. The molecule has 0 aromatic carbocycles. The van der Waals surface area contributed by atoms with E-state index in [1.54, 1.807) is 6.92 Å². The lowest BCUT2D eigenvalue weighted by molar-refractivity contribution is -0.127. The van der Waals surface area contributed by atoms with Crippen LogP contribution in [0.1, 0.15) is 46.5 Å². The van der Waals surface area contributed by atoms with Crippen molar-refractivity contribution in [3.8, 4) is 0 Å². The molecule has 3 unspecified atom stereocenters. The predicted molar refractivity (Wildman–Crippen MR) is 52.6 cm³/mol. The van der Waals surface area contributed by atoms with Crippen molar-refractivity contribution in [2.75, 3.05) is 0 Å². The average Bonchev–Trinajstić information content (AvgIpc) is 2.48. The lowest BCUT2D eigenvalue weighted by Crippen LogP contribution is -2.18. The van der Waals surface area contributed by atoms with Gasteiger partial charge in [0, 0.05) is 0 Å². The van der Waals surface area contributed by atoms with Gasteiger partial charge in [0.25, 0.3) is 0 Å². The first-order valence-corrected chi connectivity index (χ1v) is 5.34. The van der Waals surface area contributed by atoms with Gasteiger partial charge in [-0.15, -0.1) is 0 Å². The number of Topliss-reactive ketones (excluding diaryl/α,β-unsaturated/α-hetero) is 1. The summed E-state index contributed by atoms with van der Waals surface area (Å²) >= 11 is 0. The van der Waals surface area contributed by atoms with Crippen molar-refractivity contribution in [2.45, 2.75) is 58.7 Å². The number of carbonyl (C=O) groups is 1. The Hall–Kier alpha value is -0.370. The Kier molecular flexibility index (Phi) is 3.91. The third-order valence-electron chi connectivity index (χ3n) is 2.93. The summed E-state index contributed by atoms with van der Waals surface area (Å²) in [6, 6.07) is 0. The molecule has 0 radical (unpaired) electrons. The van der Waals surface area contributed by atoms with Crippen molar-refractivity contribution in [3.05, 3.63) is 0 Å². The topological polar surface area (TPSA) is 26.3 Å².